The molecule has 1 saturated heterocycles. The molecule has 0 saturated carbocycles. The molecule has 1 aromatic heterocycles. The standard InChI is InChI=1S/C19H24FN6P.C2H6/c20-14-11-22-12-16(19(14)26-6-1-2-21-5-7-26)25-10-13-8-15-18(17(27)9-13)24-4-3-23-15;1-2/h3-4,8-9,12,21-22,25H,1-2,5-7,10-11,27H2;1-2H3. The van der Waals surface area contributed by atoms with Gasteiger partial charge in [0, 0.05) is 44.8 Å². The van der Waals surface area contributed by atoms with Gasteiger partial charge >= 0.3 is 0 Å². The minimum Gasteiger partial charge on any atom is -0.383 e. The summed E-state index contributed by atoms with van der Waals surface area (Å²) in [6.45, 7) is 8.34. The van der Waals surface area contributed by atoms with Gasteiger partial charge in [-0.2, -0.15) is 0 Å². The van der Waals surface area contributed by atoms with E-state index in [1.165, 1.54) is 0 Å². The van der Waals surface area contributed by atoms with Gasteiger partial charge in [-0.15, -0.1) is 9.24 Å². The van der Waals surface area contributed by atoms with Gasteiger partial charge in [0.1, 0.15) is 5.83 Å². The first-order valence-corrected chi connectivity index (χ1v) is 10.8. The molecular formula is C21H30FN6P. The minimum absolute atomic E-state index is 0.113. The molecule has 29 heavy (non-hydrogen) atoms. The molecule has 0 spiro atoms. The van der Waals surface area contributed by atoms with Crippen molar-refractivity contribution in [1.82, 2.24) is 30.8 Å². The summed E-state index contributed by atoms with van der Waals surface area (Å²) in [5.41, 5.74) is 4.30. The van der Waals surface area contributed by atoms with Crippen molar-refractivity contribution in [3.8, 4) is 0 Å². The largest absolute Gasteiger partial charge is 0.383 e. The molecule has 156 valence electrons. The third-order valence-electron chi connectivity index (χ3n) is 4.82. The van der Waals surface area contributed by atoms with E-state index in [0.29, 0.717) is 12.2 Å². The highest BCUT2D eigenvalue weighted by atomic mass is 31.0. The number of hydrogen-bond donors (Lipinski definition) is 3. The Morgan fingerprint density at radius 3 is 2.86 bits per heavy atom. The van der Waals surface area contributed by atoms with E-state index in [0.717, 1.165) is 60.2 Å². The molecule has 1 fully saturated rings. The van der Waals surface area contributed by atoms with Gasteiger partial charge in [-0.25, -0.2) is 4.39 Å². The zero-order chi connectivity index (χ0) is 20.6. The Balaban J connectivity index is 0.00000117. The van der Waals surface area contributed by atoms with Crippen molar-refractivity contribution in [2.75, 3.05) is 32.7 Å². The topological polar surface area (TPSA) is 65.1 Å². The fourth-order valence-electron chi connectivity index (χ4n) is 3.55. The number of rotatable bonds is 4. The zero-order valence-corrected chi connectivity index (χ0v) is 18.3. The van der Waals surface area contributed by atoms with E-state index in [1.807, 2.05) is 26.1 Å². The lowest BCUT2D eigenvalue weighted by Gasteiger charge is -2.30. The Bertz CT molecular complexity index is 890. The summed E-state index contributed by atoms with van der Waals surface area (Å²) in [5.74, 6) is -0.113. The van der Waals surface area contributed by atoms with Crippen LogP contribution in [0.5, 0.6) is 0 Å². The molecule has 0 aliphatic carbocycles. The van der Waals surface area contributed by atoms with Gasteiger partial charge in [0.2, 0.25) is 0 Å². The second kappa shape index (κ2) is 10.5. The third-order valence-corrected chi connectivity index (χ3v) is 5.26. The van der Waals surface area contributed by atoms with Crippen LogP contribution in [0.1, 0.15) is 25.8 Å². The maximum Gasteiger partial charge on any atom is 0.144 e. The Kier molecular flexibility index (Phi) is 7.78. The maximum atomic E-state index is 14.7. The molecule has 1 atom stereocenters. The SMILES string of the molecule is CC.FC1=C(N2CCCNCC2)C(NCc2cc(P)c3nccnc3c2)=CNC1. The summed E-state index contributed by atoms with van der Waals surface area (Å²) in [4.78, 5) is 10.9. The molecule has 3 heterocycles. The molecule has 4 rings (SSSR count). The lowest BCUT2D eigenvalue weighted by Crippen LogP contribution is -2.36. The Labute approximate surface area is 174 Å². The predicted octanol–water partition coefficient (Wildman–Crippen LogP) is 2.17. The first kappa shape index (κ1) is 21.5. The summed E-state index contributed by atoms with van der Waals surface area (Å²) < 4.78 is 14.7. The van der Waals surface area contributed by atoms with E-state index in [4.69, 9.17) is 0 Å². The number of fused-ring (bicyclic) bond motifs is 1. The van der Waals surface area contributed by atoms with Gasteiger partial charge in [0.15, 0.2) is 0 Å². The lowest BCUT2D eigenvalue weighted by molar-refractivity contribution is 0.346. The normalized spacial score (nSPS) is 17.1. The van der Waals surface area contributed by atoms with Crippen LogP contribution in [0.3, 0.4) is 0 Å². The molecule has 0 bridgehead atoms. The number of aromatic nitrogens is 2. The van der Waals surface area contributed by atoms with E-state index in [9.17, 15) is 4.39 Å². The van der Waals surface area contributed by atoms with Gasteiger partial charge in [0.25, 0.3) is 0 Å². The molecule has 8 heteroatoms. The van der Waals surface area contributed by atoms with Crippen molar-refractivity contribution in [2.45, 2.75) is 26.8 Å². The van der Waals surface area contributed by atoms with Gasteiger partial charge in [-0.05, 0) is 36.0 Å². The van der Waals surface area contributed by atoms with Crippen molar-refractivity contribution in [3.05, 3.63) is 53.5 Å². The second-order valence-corrected chi connectivity index (χ2v) is 7.37. The molecule has 1 aromatic carbocycles. The summed E-state index contributed by atoms with van der Waals surface area (Å²) in [6.07, 6.45) is 6.28. The first-order chi connectivity index (χ1) is 14.2. The van der Waals surface area contributed by atoms with Crippen LogP contribution < -0.4 is 21.3 Å². The minimum atomic E-state index is -0.113. The van der Waals surface area contributed by atoms with Gasteiger partial charge in [0.05, 0.1) is 29.0 Å². The van der Waals surface area contributed by atoms with E-state index in [2.05, 4.69) is 46.1 Å². The number of nitrogens with one attached hydrogen (secondary N) is 3. The third kappa shape index (κ3) is 5.22. The first-order valence-electron chi connectivity index (χ1n) is 10.2. The number of nitrogens with zero attached hydrogens (tertiary/aromatic N) is 3. The van der Waals surface area contributed by atoms with Crippen LogP contribution in [0, 0.1) is 0 Å². The molecular weight excluding hydrogens is 386 g/mol. The van der Waals surface area contributed by atoms with E-state index < -0.39 is 0 Å². The van der Waals surface area contributed by atoms with Gasteiger partial charge in [-0.3, -0.25) is 9.97 Å². The fraction of sp³-hybridized carbons (Fsp3) is 0.429. The van der Waals surface area contributed by atoms with Crippen LogP contribution in [-0.4, -0.2) is 47.6 Å². The molecule has 1 unspecified atom stereocenters. The van der Waals surface area contributed by atoms with Crippen molar-refractivity contribution in [3.63, 3.8) is 0 Å². The summed E-state index contributed by atoms with van der Waals surface area (Å²) in [6, 6.07) is 4.09. The van der Waals surface area contributed by atoms with Crippen molar-refractivity contribution in [1.29, 1.82) is 0 Å². The molecule has 6 nitrogen and oxygen atoms in total. The molecule has 0 radical (unpaired) electrons. The number of benzene rings is 1. The van der Waals surface area contributed by atoms with Gasteiger partial charge in [-0.1, -0.05) is 13.8 Å². The maximum absolute atomic E-state index is 14.7. The Morgan fingerprint density at radius 2 is 2.00 bits per heavy atom. The van der Waals surface area contributed by atoms with Crippen molar-refractivity contribution in [2.24, 2.45) is 0 Å². The van der Waals surface area contributed by atoms with Crippen LogP contribution in [0.25, 0.3) is 11.0 Å². The monoisotopic (exact) mass is 416 g/mol. The highest BCUT2D eigenvalue weighted by Crippen LogP contribution is 2.23. The summed E-state index contributed by atoms with van der Waals surface area (Å²) >= 11 is 0. The van der Waals surface area contributed by atoms with E-state index in [1.54, 1.807) is 12.4 Å². The average Bonchev–Trinajstić information content (AvgIpc) is 3.03. The molecule has 2 aliphatic heterocycles. The van der Waals surface area contributed by atoms with Crippen LogP contribution in [0.15, 0.2) is 47.9 Å². The van der Waals surface area contributed by atoms with Crippen LogP contribution >= 0.6 is 9.24 Å². The summed E-state index contributed by atoms with van der Waals surface area (Å²) in [7, 11) is 2.72. The van der Waals surface area contributed by atoms with Crippen LogP contribution in [0.4, 0.5) is 4.39 Å². The Hall–Kier alpha value is -2.24. The number of hydrogen-bond acceptors (Lipinski definition) is 6. The van der Waals surface area contributed by atoms with E-state index >= 15 is 0 Å². The highest BCUT2D eigenvalue weighted by molar-refractivity contribution is 7.28. The molecule has 2 aromatic rings. The number of dihydropyridines is 1. The van der Waals surface area contributed by atoms with Gasteiger partial charge < -0.3 is 20.9 Å². The van der Waals surface area contributed by atoms with Crippen molar-refractivity contribution < 1.29 is 4.39 Å². The predicted molar refractivity (Wildman–Crippen MR) is 120 cm³/mol. The second-order valence-electron chi connectivity index (χ2n) is 6.75. The summed E-state index contributed by atoms with van der Waals surface area (Å²) in [5, 5.41) is 10.8. The molecule has 0 amide bonds. The molecule has 2 aliphatic rings. The quantitative estimate of drug-likeness (QED) is 0.664. The van der Waals surface area contributed by atoms with Crippen molar-refractivity contribution >= 4 is 25.6 Å². The number of halogens is 1. The smallest absolute Gasteiger partial charge is 0.144 e. The zero-order valence-electron chi connectivity index (χ0n) is 17.1. The fourth-order valence-corrected chi connectivity index (χ4v) is 3.98. The lowest BCUT2D eigenvalue weighted by atomic mass is 10.1. The molecule has 3 N–H and O–H groups in total. The average molecular weight is 416 g/mol. The van der Waals surface area contributed by atoms with Crippen LogP contribution in [-0.2, 0) is 6.54 Å². The highest BCUT2D eigenvalue weighted by Gasteiger charge is 2.23. The van der Waals surface area contributed by atoms with E-state index in [-0.39, 0.29) is 12.4 Å². The Morgan fingerprint density at radius 1 is 1.17 bits per heavy atom. The van der Waals surface area contributed by atoms with Crippen LogP contribution in [0.2, 0.25) is 0 Å².